The molecule has 0 unspecified atom stereocenters. The predicted octanol–water partition coefficient (Wildman–Crippen LogP) is 2.41. The lowest BCUT2D eigenvalue weighted by molar-refractivity contribution is -0.132. The summed E-state index contributed by atoms with van der Waals surface area (Å²) in [6.07, 6.45) is 1.88. The third kappa shape index (κ3) is 6.83. The van der Waals surface area contributed by atoms with Crippen molar-refractivity contribution < 1.29 is 23.8 Å². The molecule has 3 amide bonds. The molecule has 1 atom stereocenters. The molecule has 4 rings (SSSR count). The van der Waals surface area contributed by atoms with Crippen LogP contribution in [0.25, 0.3) is 11.3 Å². The fraction of sp³-hybridized carbons (Fsp3) is 0.556. The SMILES string of the molecule is COc1ccc(-c2ccc(N3CCN(C(=O)CN(C[C@@H]4CCCO4)C(=O)NC(C)C)CC3)nn2)cc1OC. The first-order chi connectivity index (χ1) is 18.4. The molecule has 1 N–H and O–H groups in total. The molecular formula is C27H38N6O5. The monoisotopic (exact) mass is 526 g/mol. The molecule has 0 spiro atoms. The predicted molar refractivity (Wildman–Crippen MR) is 144 cm³/mol. The summed E-state index contributed by atoms with van der Waals surface area (Å²) in [5.74, 6) is 1.99. The first-order valence-electron chi connectivity index (χ1n) is 13.1. The molecule has 0 saturated carbocycles. The number of carbonyl (C=O) groups excluding carboxylic acids is 2. The summed E-state index contributed by atoms with van der Waals surface area (Å²) in [6, 6.07) is 9.26. The smallest absolute Gasteiger partial charge is 0.318 e. The number of anilines is 1. The van der Waals surface area contributed by atoms with E-state index in [2.05, 4.69) is 20.4 Å². The van der Waals surface area contributed by atoms with E-state index in [1.165, 1.54) is 0 Å². The fourth-order valence-electron chi connectivity index (χ4n) is 4.68. The first-order valence-corrected chi connectivity index (χ1v) is 13.1. The summed E-state index contributed by atoms with van der Waals surface area (Å²) in [6.45, 7) is 7.37. The quantitative estimate of drug-likeness (QED) is 0.531. The number of carbonyl (C=O) groups is 2. The summed E-state index contributed by atoms with van der Waals surface area (Å²) in [5.41, 5.74) is 1.61. The van der Waals surface area contributed by atoms with E-state index < -0.39 is 0 Å². The molecule has 3 heterocycles. The Bertz CT molecular complexity index is 1080. The highest BCUT2D eigenvalue weighted by molar-refractivity contribution is 5.84. The van der Waals surface area contributed by atoms with Crippen LogP contribution >= 0.6 is 0 Å². The second-order valence-electron chi connectivity index (χ2n) is 9.83. The van der Waals surface area contributed by atoms with Crippen molar-refractivity contribution in [3.8, 4) is 22.8 Å². The molecule has 0 aliphatic carbocycles. The van der Waals surface area contributed by atoms with Crippen LogP contribution in [0.5, 0.6) is 11.5 Å². The van der Waals surface area contributed by atoms with Crippen molar-refractivity contribution in [1.82, 2.24) is 25.3 Å². The van der Waals surface area contributed by atoms with Crippen LogP contribution in [0.3, 0.4) is 0 Å². The number of aromatic nitrogens is 2. The molecule has 38 heavy (non-hydrogen) atoms. The van der Waals surface area contributed by atoms with Gasteiger partial charge in [0.1, 0.15) is 6.54 Å². The van der Waals surface area contributed by atoms with Crippen LogP contribution in [0.15, 0.2) is 30.3 Å². The van der Waals surface area contributed by atoms with Gasteiger partial charge in [0.15, 0.2) is 17.3 Å². The van der Waals surface area contributed by atoms with Crippen molar-refractivity contribution in [2.45, 2.75) is 38.8 Å². The standard InChI is InChI=1S/C27H38N6O5/c1-19(2)28-27(35)33(17-21-6-5-15-38-21)18-26(34)32-13-11-31(12-14-32)25-10-8-22(29-30-25)20-7-9-23(36-3)24(16-20)37-4/h7-10,16,19,21H,5-6,11-15,17-18H2,1-4H3,(H,28,35)/t21-/m0/s1. The molecule has 11 nitrogen and oxygen atoms in total. The number of benzene rings is 1. The highest BCUT2D eigenvalue weighted by Crippen LogP contribution is 2.31. The van der Waals surface area contributed by atoms with Crippen molar-refractivity contribution in [2.24, 2.45) is 0 Å². The number of urea groups is 1. The maximum absolute atomic E-state index is 13.1. The summed E-state index contributed by atoms with van der Waals surface area (Å²) < 4.78 is 16.4. The number of methoxy groups -OCH3 is 2. The third-order valence-electron chi connectivity index (χ3n) is 6.76. The number of hydrogen-bond donors (Lipinski definition) is 1. The van der Waals surface area contributed by atoms with Gasteiger partial charge in [0.2, 0.25) is 5.91 Å². The number of rotatable bonds is 9. The van der Waals surface area contributed by atoms with E-state index in [1.54, 1.807) is 19.1 Å². The zero-order valence-corrected chi connectivity index (χ0v) is 22.7. The molecule has 2 fully saturated rings. The molecule has 11 heteroatoms. The number of piperazine rings is 1. The van der Waals surface area contributed by atoms with Crippen molar-refractivity contribution >= 4 is 17.8 Å². The average molecular weight is 527 g/mol. The minimum Gasteiger partial charge on any atom is -0.493 e. The van der Waals surface area contributed by atoms with E-state index >= 15 is 0 Å². The third-order valence-corrected chi connectivity index (χ3v) is 6.76. The highest BCUT2D eigenvalue weighted by atomic mass is 16.5. The Hall–Kier alpha value is -3.60. The van der Waals surface area contributed by atoms with E-state index in [0.717, 1.165) is 29.9 Å². The molecule has 2 aromatic rings. The van der Waals surface area contributed by atoms with Gasteiger partial charge in [-0.25, -0.2) is 4.79 Å². The van der Waals surface area contributed by atoms with Crippen LogP contribution in [0.1, 0.15) is 26.7 Å². The Balaban J connectivity index is 1.33. The zero-order valence-electron chi connectivity index (χ0n) is 22.7. The van der Waals surface area contributed by atoms with Gasteiger partial charge in [-0.05, 0) is 57.0 Å². The lowest BCUT2D eigenvalue weighted by atomic mass is 10.1. The van der Waals surface area contributed by atoms with Gasteiger partial charge < -0.3 is 34.2 Å². The Kier molecular flexibility index (Phi) is 9.22. The maximum atomic E-state index is 13.1. The van der Waals surface area contributed by atoms with E-state index in [9.17, 15) is 9.59 Å². The summed E-state index contributed by atoms with van der Waals surface area (Å²) in [7, 11) is 3.20. The van der Waals surface area contributed by atoms with Gasteiger partial charge in [0.25, 0.3) is 0 Å². The fourth-order valence-corrected chi connectivity index (χ4v) is 4.68. The van der Waals surface area contributed by atoms with E-state index in [0.29, 0.717) is 50.8 Å². The lowest BCUT2D eigenvalue weighted by Gasteiger charge is -2.36. The van der Waals surface area contributed by atoms with Gasteiger partial charge in [-0.3, -0.25) is 4.79 Å². The number of nitrogens with zero attached hydrogens (tertiary/aromatic N) is 5. The molecular weight excluding hydrogens is 488 g/mol. The van der Waals surface area contributed by atoms with Gasteiger partial charge in [0.05, 0.1) is 26.0 Å². The normalized spacial score (nSPS) is 17.4. The topological polar surface area (TPSA) is 109 Å². The minimum absolute atomic E-state index is 0.00705. The van der Waals surface area contributed by atoms with Crippen molar-refractivity contribution in [2.75, 3.05) is 65.0 Å². The summed E-state index contributed by atoms with van der Waals surface area (Å²) in [5, 5.41) is 11.7. The molecule has 2 aliphatic rings. The molecule has 2 aliphatic heterocycles. The molecule has 1 aromatic carbocycles. The maximum Gasteiger partial charge on any atom is 0.318 e. The average Bonchev–Trinajstić information content (AvgIpc) is 3.45. The lowest BCUT2D eigenvalue weighted by Crippen LogP contribution is -2.54. The number of nitrogens with one attached hydrogen (secondary N) is 1. The molecule has 2 saturated heterocycles. The second kappa shape index (κ2) is 12.8. The van der Waals surface area contributed by atoms with Crippen LogP contribution in [-0.4, -0.2) is 104 Å². The molecule has 0 bridgehead atoms. The van der Waals surface area contributed by atoms with E-state index in [4.69, 9.17) is 14.2 Å². The van der Waals surface area contributed by atoms with Gasteiger partial charge in [-0.15, -0.1) is 10.2 Å². The Morgan fingerprint density at radius 3 is 2.45 bits per heavy atom. The van der Waals surface area contributed by atoms with Gasteiger partial charge in [0, 0.05) is 50.9 Å². The summed E-state index contributed by atoms with van der Waals surface area (Å²) in [4.78, 5) is 31.4. The molecule has 206 valence electrons. The highest BCUT2D eigenvalue weighted by Gasteiger charge is 2.28. The number of ether oxygens (including phenoxy) is 3. The van der Waals surface area contributed by atoms with Gasteiger partial charge in [-0.2, -0.15) is 0 Å². The molecule has 0 radical (unpaired) electrons. The first kappa shape index (κ1) is 27.4. The zero-order chi connectivity index (χ0) is 27.1. The largest absolute Gasteiger partial charge is 0.493 e. The van der Waals surface area contributed by atoms with Crippen molar-refractivity contribution in [3.05, 3.63) is 30.3 Å². The van der Waals surface area contributed by atoms with Gasteiger partial charge >= 0.3 is 6.03 Å². The van der Waals surface area contributed by atoms with Crippen molar-refractivity contribution in [1.29, 1.82) is 0 Å². The Morgan fingerprint density at radius 2 is 1.84 bits per heavy atom. The molecule has 1 aromatic heterocycles. The van der Waals surface area contributed by atoms with E-state index in [1.807, 2.05) is 49.1 Å². The van der Waals surface area contributed by atoms with Gasteiger partial charge in [-0.1, -0.05) is 0 Å². The van der Waals surface area contributed by atoms with Crippen LogP contribution in [-0.2, 0) is 9.53 Å². The number of amides is 3. The van der Waals surface area contributed by atoms with Crippen LogP contribution in [0.4, 0.5) is 10.6 Å². The minimum atomic E-state index is -0.229. The van der Waals surface area contributed by atoms with Crippen LogP contribution in [0.2, 0.25) is 0 Å². The second-order valence-corrected chi connectivity index (χ2v) is 9.83. The van der Waals surface area contributed by atoms with Crippen molar-refractivity contribution in [3.63, 3.8) is 0 Å². The van der Waals surface area contributed by atoms with Crippen LogP contribution < -0.4 is 19.7 Å². The van der Waals surface area contributed by atoms with E-state index in [-0.39, 0.29) is 30.6 Å². The van der Waals surface area contributed by atoms with Crippen LogP contribution in [0, 0.1) is 0 Å². The Morgan fingerprint density at radius 1 is 1.08 bits per heavy atom. The Labute approximate surface area is 224 Å². The number of hydrogen-bond acceptors (Lipinski definition) is 8. The summed E-state index contributed by atoms with van der Waals surface area (Å²) >= 11 is 0.